The smallest absolute Gasteiger partial charge is 0.310 e. The lowest BCUT2D eigenvalue weighted by Gasteiger charge is -2.20. The van der Waals surface area contributed by atoms with Crippen molar-refractivity contribution in [3.63, 3.8) is 0 Å². The number of aliphatic hydroxyl groups is 1. The first-order valence-corrected chi connectivity index (χ1v) is 5.31. The molecule has 0 aliphatic carbocycles. The molecule has 0 saturated heterocycles. The van der Waals surface area contributed by atoms with Crippen LogP contribution in [0, 0.1) is 11.8 Å². The van der Waals surface area contributed by atoms with Crippen LogP contribution in [0.15, 0.2) is 0 Å². The molecule has 0 saturated carbocycles. The Morgan fingerprint density at radius 1 is 1.27 bits per heavy atom. The zero-order chi connectivity index (χ0) is 12.0. The molecule has 0 aromatic carbocycles. The average Bonchev–Trinajstić information content (AvgIpc) is 2.15. The molecule has 2 N–H and O–H groups in total. The Morgan fingerprint density at radius 2 is 1.80 bits per heavy atom. The number of aliphatic hydroxyl groups excluding tert-OH is 1. The molecular formula is C11H20O4. The highest BCUT2D eigenvalue weighted by molar-refractivity contribution is 5.95. The Kier molecular flexibility index (Phi) is 6.17. The zero-order valence-electron chi connectivity index (χ0n) is 9.56. The van der Waals surface area contributed by atoms with Crippen LogP contribution in [0.1, 0.15) is 40.0 Å². The first-order chi connectivity index (χ1) is 6.88. The topological polar surface area (TPSA) is 74.6 Å². The molecule has 0 rings (SSSR count). The van der Waals surface area contributed by atoms with E-state index in [2.05, 4.69) is 0 Å². The number of hydrogen-bond acceptors (Lipinski definition) is 3. The summed E-state index contributed by atoms with van der Waals surface area (Å²) >= 11 is 0. The van der Waals surface area contributed by atoms with Crippen LogP contribution < -0.4 is 0 Å². The quantitative estimate of drug-likeness (QED) is 0.632. The van der Waals surface area contributed by atoms with E-state index in [1.807, 2.05) is 13.8 Å². The summed E-state index contributed by atoms with van der Waals surface area (Å²) in [5.74, 6) is -1.62. The number of rotatable bonds is 7. The maximum atomic E-state index is 11.3. The van der Waals surface area contributed by atoms with Crippen LogP contribution in [-0.4, -0.2) is 28.1 Å². The van der Waals surface area contributed by atoms with Gasteiger partial charge < -0.3 is 10.2 Å². The highest BCUT2D eigenvalue weighted by atomic mass is 16.4. The van der Waals surface area contributed by atoms with Crippen LogP contribution >= 0.6 is 0 Å². The number of carboxylic acid groups (broad SMARTS) is 1. The summed E-state index contributed by atoms with van der Waals surface area (Å²) < 4.78 is 0. The van der Waals surface area contributed by atoms with Crippen LogP contribution in [-0.2, 0) is 9.59 Å². The van der Waals surface area contributed by atoms with Gasteiger partial charge in [0.15, 0.2) is 0 Å². The van der Waals surface area contributed by atoms with E-state index in [1.54, 1.807) is 6.92 Å². The van der Waals surface area contributed by atoms with Crippen molar-refractivity contribution >= 4 is 11.8 Å². The van der Waals surface area contributed by atoms with E-state index in [0.717, 1.165) is 0 Å². The number of hydrogen-bond donors (Lipinski definition) is 2. The summed E-state index contributed by atoms with van der Waals surface area (Å²) in [6.07, 6.45) is 0.364. The Bertz CT molecular complexity index is 225. The van der Waals surface area contributed by atoms with E-state index in [-0.39, 0.29) is 17.6 Å². The summed E-state index contributed by atoms with van der Waals surface area (Å²) in [6, 6.07) is 0. The van der Waals surface area contributed by atoms with Crippen molar-refractivity contribution in [1.82, 2.24) is 0 Å². The molecule has 0 amide bonds. The fraction of sp³-hybridized carbons (Fsp3) is 0.818. The molecule has 0 aliphatic heterocycles. The predicted molar refractivity (Wildman–Crippen MR) is 56.5 cm³/mol. The molecule has 15 heavy (non-hydrogen) atoms. The van der Waals surface area contributed by atoms with Gasteiger partial charge in [0.2, 0.25) is 0 Å². The van der Waals surface area contributed by atoms with Crippen LogP contribution in [0.3, 0.4) is 0 Å². The SMILES string of the molecule is CC[C@H](O)[C@@H](C)C[C@H](C)C(=O)CC(=O)O. The Morgan fingerprint density at radius 3 is 2.20 bits per heavy atom. The standard InChI is InChI=1S/C11H20O4/c1-4-9(12)7(2)5-8(3)10(13)6-11(14)15/h7-9,12H,4-6H2,1-3H3,(H,14,15)/t7-,8-,9-/m0/s1. The fourth-order valence-electron chi connectivity index (χ4n) is 1.57. The Hall–Kier alpha value is -0.900. The summed E-state index contributed by atoms with van der Waals surface area (Å²) in [5.41, 5.74) is 0. The third-order valence-electron chi connectivity index (χ3n) is 2.68. The van der Waals surface area contributed by atoms with Crippen molar-refractivity contribution < 1.29 is 19.8 Å². The van der Waals surface area contributed by atoms with Gasteiger partial charge in [0, 0.05) is 5.92 Å². The lowest BCUT2D eigenvalue weighted by Crippen LogP contribution is -2.23. The largest absolute Gasteiger partial charge is 0.481 e. The predicted octanol–water partition coefficient (Wildman–Crippen LogP) is 1.46. The third-order valence-corrected chi connectivity index (χ3v) is 2.68. The van der Waals surface area contributed by atoms with Crippen LogP contribution in [0.2, 0.25) is 0 Å². The number of Topliss-reactive ketones (excluding diaryl/α,β-unsaturated/α-hetero) is 1. The molecule has 0 radical (unpaired) electrons. The minimum absolute atomic E-state index is 0.0303. The van der Waals surface area contributed by atoms with E-state index in [1.165, 1.54) is 0 Å². The van der Waals surface area contributed by atoms with Crippen molar-refractivity contribution in [2.24, 2.45) is 11.8 Å². The van der Waals surface area contributed by atoms with Crippen LogP contribution in [0.5, 0.6) is 0 Å². The van der Waals surface area contributed by atoms with E-state index in [0.29, 0.717) is 12.8 Å². The van der Waals surface area contributed by atoms with Gasteiger partial charge in [0.05, 0.1) is 6.10 Å². The maximum Gasteiger partial charge on any atom is 0.310 e. The molecule has 0 bridgehead atoms. The second kappa shape index (κ2) is 6.56. The number of carbonyl (C=O) groups is 2. The number of carbonyl (C=O) groups excluding carboxylic acids is 1. The minimum atomic E-state index is -1.09. The summed E-state index contributed by atoms with van der Waals surface area (Å²) in [5, 5.41) is 18.0. The lowest BCUT2D eigenvalue weighted by molar-refractivity contribution is -0.141. The summed E-state index contributed by atoms with van der Waals surface area (Å²) in [6.45, 7) is 5.47. The van der Waals surface area contributed by atoms with Crippen molar-refractivity contribution in [2.45, 2.75) is 46.1 Å². The van der Waals surface area contributed by atoms with Crippen molar-refractivity contribution in [1.29, 1.82) is 0 Å². The van der Waals surface area contributed by atoms with Gasteiger partial charge in [-0.15, -0.1) is 0 Å². The van der Waals surface area contributed by atoms with Gasteiger partial charge in [0.25, 0.3) is 0 Å². The van der Waals surface area contributed by atoms with Crippen molar-refractivity contribution in [2.75, 3.05) is 0 Å². The summed E-state index contributed by atoms with van der Waals surface area (Å²) in [4.78, 5) is 21.7. The molecule has 3 atom stereocenters. The molecule has 0 unspecified atom stereocenters. The van der Waals surface area contributed by atoms with Crippen molar-refractivity contribution in [3.05, 3.63) is 0 Å². The van der Waals surface area contributed by atoms with Gasteiger partial charge >= 0.3 is 5.97 Å². The van der Waals surface area contributed by atoms with Gasteiger partial charge in [0.1, 0.15) is 12.2 Å². The van der Waals surface area contributed by atoms with E-state index in [9.17, 15) is 14.7 Å². The van der Waals surface area contributed by atoms with E-state index in [4.69, 9.17) is 5.11 Å². The molecule has 0 heterocycles. The molecule has 0 aliphatic rings. The third kappa shape index (κ3) is 5.52. The molecule has 0 spiro atoms. The normalized spacial score (nSPS) is 16.8. The monoisotopic (exact) mass is 216 g/mol. The second-order valence-corrected chi connectivity index (χ2v) is 4.13. The van der Waals surface area contributed by atoms with Gasteiger partial charge in [-0.25, -0.2) is 0 Å². The van der Waals surface area contributed by atoms with Crippen LogP contribution in [0.4, 0.5) is 0 Å². The maximum absolute atomic E-state index is 11.3. The molecular weight excluding hydrogens is 196 g/mol. The molecule has 0 aromatic heterocycles. The summed E-state index contributed by atoms with van der Waals surface area (Å²) in [7, 11) is 0. The highest BCUT2D eigenvalue weighted by Crippen LogP contribution is 2.18. The highest BCUT2D eigenvalue weighted by Gasteiger charge is 2.21. The fourth-order valence-corrected chi connectivity index (χ4v) is 1.57. The Labute approximate surface area is 90.3 Å². The first-order valence-electron chi connectivity index (χ1n) is 5.31. The molecule has 0 fully saturated rings. The van der Waals surface area contributed by atoms with Gasteiger partial charge in [-0.05, 0) is 18.8 Å². The second-order valence-electron chi connectivity index (χ2n) is 4.13. The molecule has 0 aromatic rings. The van der Waals surface area contributed by atoms with Crippen LogP contribution in [0.25, 0.3) is 0 Å². The van der Waals surface area contributed by atoms with E-state index < -0.39 is 18.5 Å². The van der Waals surface area contributed by atoms with E-state index >= 15 is 0 Å². The number of ketones is 1. The van der Waals surface area contributed by atoms with Gasteiger partial charge in [-0.2, -0.15) is 0 Å². The molecule has 4 heteroatoms. The van der Waals surface area contributed by atoms with Gasteiger partial charge in [-0.1, -0.05) is 20.8 Å². The molecule has 88 valence electrons. The van der Waals surface area contributed by atoms with Crippen molar-refractivity contribution in [3.8, 4) is 0 Å². The number of aliphatic carboxylic acids is 1. The zero-order valence-corrected chi connectivity index (χ0v) is 9.56. The first kappa shape index (κ1) is 14.1. The lowest BCUT2D eigenvalue weighted by atomic mass is 9.88. The Balaban J connectivity index is 4.06. The van der Waals surface area contributed by atoms with Gasteiger partial charge in [-0.3, -0.25) is 9.59 Å². The molecule has 4 nitrogen and oxygen atoms in total. The average molecular weight is 216 g/mol. The minimum Gasteiger partial charge on any atom is -0.481 e. The number of carboxylic acids is 1.